The molecule has 0 saturated carbocycles. The second-order valence-corrected chi connectivity index (χ2v) is 5.65. The minimum absolute atomic E-state index is 0.0332. The highest BCUT2D eigenvalue weighted by atomic mass is 16.5. The number of carbonyl (C=O) groups is 2. The van der Waals surface area contributed by atoms with Crippen molar-refractivity contribution in [3.05, 3.63) is 17.5 Å². The Morgan fingerprint density at radius 3 is 3.10 bits per heavy atom. The predicted molar refractivity (Wildman–Crippen MR) is 74.1 cm³/mol. The van der Waals surface area contributed by atoms with Gasteiger partial charge in [-0.3, -0.25) is 19.2 Å². The van der Waals surface area contributed by atoms with Crippen molar-refractivity contribution in [2.45, 2.75) is 45.5 Å². The van der Waals surface area contributed by atoms with Crippen LogP contribution in [-0.4, -0.2) is 45.8 Å². The van der Waals surface area contributed by atoms with Gasteiger partial charge in [-0.25, -0.2) is 0 Å². The lowest BCUT2D eigenvalue weighted by Crippen LogP contribution is -2.38. The van der Waals surface area contributed by atoms with Crippen molar-refractivity contribution in [3.63, 3.8) is 0 Å². The zero-order valence-corrected chi connectivity index (χ0v) is 12.2. The van der Waals surface area contributed by atoms with E-state index in [-0.39, 0.29) is 18.0 Å². The molecule has 3 rings (SSSR count). The summed E-state index contributed by atoms with van der Waals surface area (Å²) in [5.74, 6) is -0.134. The van der Waals surface area contributed by atoms with Crippen molar-refractivity contribution in [1.82, 2.24) is 20.0 Å². The van der Waals surface area contributed by atoms with Gasteiger partial charge in [0.1, 0.15) is 6.10 Å². The third-order valence-corrected chi connectivity index (χ3v) is 3.88. The summed E-state index contributed by atoms with van der Waals surface area (Å²) in [7, 11) is 0. The van der Waals surface area contributed by atoms with Crippen LogP contribution in [0.5, 0.6) is 0 Å². The molecule has 21 heavy (non-hydrogen) atoms. The molecular weight excluding hydrogens is 272 g/mol. The Labute approximate surface area is 123 Å². The Balaban J connectivity index is 1.57. The fraction of sp³-hybridized carbons (Fsp3) is 0.643. The number of aromatic nitrogens is 2. The molecule has 2 aliphatic heterocycles. The van der Waals surface area contributed by atoms with Crippen LogP contribution in [0.15, 0.2) is 6.07 Å². The van der Waals surface area contributed by atoms with Crippen LogP contribution in [0.2, 0.25) is 0 Å². The van der Waals surface area contributed by atoms with Gasteiger partial charge < -0.3 is 10.1 Å². The minimum atomic E-state index is -0.0837. The molecule has 1 aromatic heterocycles. The van der Waals surface area contributed by atoms with Crippen LogP contribution in [0.25, 0.3) is 0 Å². The molecule has 1 aromatic rings. The van der Waals surface area contributed by atoms with Gasteiger partial charge in [-0.05, 0) is 12.5 Å². The van der Waals surface area contributed by atoms with Gasteiger partial charge in [0.15, 0.2) is 0 Å². The van der Waals surface area contributed by atoms with Crippen LogP contribution >= 0.6 is 0 Å². The second kappa shape index (κ2) is 5.85. The first-order chi connectivity index (χ1) is 10.1. The van der Waals surface area contributed by atoms with Gasteiger partial charge >= 0.3 is 5.97 Å². The monoisotopic (exact) mass is 292 g/mol. The summed E-state index contributed by atoms with van der Waals surface area (Å²) in [5, 5.41) is 7.25. The summed E-state index contributed by atoms with van der Waals surface area (Å²) in [6, 6.07) is 2.03. The maximum atomic E-state index is 11.1. The van der Waals surface area contributed by atoms with Crippen LogP contribution in [0.1, 0.15) is 31.2 Å². The molecule has 1 unspecified atom stereocenters. The lowest BCUT2D eigenvalue weighted by molar-refractivity contribution is -0.142. The predicted octanol–water partition coefficient (Wildman–Crippen LogP) is 0.0404. The van der Waals surface area contributed by atoms with E-state index in [9.17, 15) is 9.59 Å². The number of hydrogen-bond donors (Lipinski definition) is 1. The Morgan fingerprint density at radius 1 is 1.52 bits per heavy atom. The highest BCUT2D eigenvalue weighted by molar-refractivity contribution is 5.72. The second-order valence-electron chi connectivity index (χ2n) is 5.65. The van der Waals surface area contributed by atoms with Gasteiger partial charge in [0.05, 0.1) is 24.5 Å². The molecule has 3 heterocycles. The van der Waals surface area contributed by atoms with E-state index in [0.29, 0.717) is 13.0 Å². The summed E-state index contributed by atoms with van der Waals surface area (Å²) in [5.41, 5.74) is 2.03. The summed E-state index contributed by atoms with van der Waals surface area (Å²) >= 11 is 0. The molecule has 1 fully saturated rings. The average molecular weight is 292 g/mol. The molecule has 1 saturated heterocycles. The largest absolute Gasteiger partial charge is 0.461 e. The lowest BCUT2D eigenvalue weighted by Gasteiger charge is -2.29. The van der Waals surface area contributed by atoms with Crippen molar-refractivity contribution in [3.8, 4) is 0 Å². The molecule has 7 nitrogen and oxygen atoms in total. The Morgan fingerprint density at radius 2 is 2.38 bits per heavy atom. The molecule has 0 aliphatic carbocycles. The zero-order valence-electron chi connectivity index (χ0n) is 12.2. The van der Waals surface area contributed by atoms with Gasteiger partial charge in [0, 0.05) is 33.0 Å². The Hall–Kier alpha value is -1.89. The van der Waals surface area contributed by atoms with Crippen molar-refractivity contribution >= 4 is 11.9 Å². The maximum absolute atomic E-state index is 11.1. The van der Waals surface area contributed by atoms with Gasteiger partial charge in [-0.1, -0.05) is 0 Å². The fourth-order valence-electron chi connectivity index (χ4n) is 2.84. The fourth-order valence-corrected chi connectivity index (χ4v) is 2.84. The molecule has 2 aliphatic rings. The third-order valence-electron chi connectivity index (χ3n) is 3.88. The molecular formula is C14H20N4O3. The number of fused-ring (bicyclic) bond motifs is 1. The maximum Gasteiger partial charge on any atom is 0.306 e. The van der Waals surface area contributed by atoms with E-state index in [4.69, 9.17) is 4.74 Å². The van der Waals surface area contributed by atoms with Crippen molar-refractivity contribution < 1.29 is 14.3 Å². The van der Waals surface area contributed by atoms with E-state index < -0.39 is 0 Å². The summed E-state index contributed by atoms with van der Waals surface area (Å²) < 4.78 is 7.27. The molecule has 1 N–H and O–H groups in total. The van der Waals surface area contributed by atoms with Crippen molar-refractivity contribution in [1.29, 1.82) is 0 Å². The SMILES string of the molecule is CC(=O)NCc1cc2n(n1)CCN(CC1CCC(=O)O1)C2. The van der Waals surface area contributed by atoms with Crippen LogP contribution in [0.4, 0.5) is 0 Å². The number of hydrogen-bond acceptors (Lipinski definition) is 5. The van der Waals surface area contributed by atoms with Gasteiger partial charge in [0.2, 0.25) is 5.91 Å². The molecule has 0 bridgehead atoms. The van der Waals surface area contributed by atoms with Crippen LogP contribution in [0.3, 0.4) is 0 Å². The third kappa shape index (κ3) is 3.41. The van der Waals surface area contributed by atoms with Crippen LogP contribution in [-0.2, 0) is 34.0 Å². The standard InChI is InChI=1S/C14H20N4O3/c1-10(19)15-7-11-6-12-8-17(4-5-18(12)16-11)9-13-2-3-14(20)21-13/h6,13H,2-5,7-9H2,1H3,(H,15,19). The minimum Gasteiger partial charge on any atom is -0.461 e. The van der Waals surface area contributed by atoms with Gasteiger partial charge in [-0.15, -0.1) is 0 Å². The van der Waals surface area contributed by atoms with Crippen molar-refractivity contribution in [2.24, 2.45) is 0 Å². The number of nitrogens with zero attached hydrogens (tertiary/aromatic N) is 3. The number of rotatable bonds is 4. The number of nitrogens with one attached hydrogen (secondary N) is 1. The van der Waals surface area contributed by atoms with Crippen LogP contribution in [0, 0.1) is 0 Å². The first kappa shape index (κ1) is 14.1. The number of carbonyl (C=O) groups excluding carboxylic acids is 2. The van der Waals surface area contributed by atoms with Crippen LogP contribution < -0.4 is 5.32 Å². The topological polar surface area (TPSA) is 76.5 Å². The molecule has 7 heteroatoms. The summed E-state index contributed by atoms with van der Waals surface area (Å²) in [6.45, 7) is 5.30. The first-order valence-electron chi connectivity index (χ1n) is 7.32. The number of esters is 1. The normalized spacial score (nSPS) is 22.0. The molecule has 0 spiro atoms. The number of amides is 1. The van der Waals surface area contributed by atoms with E-state index in [1.807, 2.05) is 10.7 Å². The number of ether oxygens (including phenoxy) is 1. The van der Waals surface area contributed by atoms with E-state index >= 15 is 0 Å². The quantitative estimate of drug-likeness (QED) is 0.793. The van der Waals surface area contributed by atoms with Gasteiger partial charge in [-0.2, -0.15) is 5.10 Å². The van der Waals surface area contributed by atoms with Crippen molar-refractivity contribution in [2.75, 3.05) is 13.1 Å². The molecule has 1 amide bonds. The smallest absolute Gasteiger partial charge is 0.306 e. The lowest BCUT2D eigenvalue weighted by atomic mass is 10.2. The molecule has 0 aromatic carbocycles. The summed E-state index contributed by atoms with van der Waals surface area (Å²) in [4.78, 5) is 24.4. The van der Waals surface area contributed by atoms with E-state index in [1.54, 1.807) is 0 Å². The molecule has 1 atom stereocenters. The molecule has 114 valence electrons. The molecule has 0 radical (unpaired) electrons. The first-order valence-corrected chi connectivity index (χ1v) is 7.32. The zero-order chi connectivity index (χ0) is 14.8. The van der Waals surface area contributed by atoms with E-state index in [0.717, 1.165) is 44.0 Å². The van der Waals surface area contributed by atoms with E-state index in [2.05, 4.69) is 15.3 Å². The highest BCUT2D eigenvalue weighted by Gasteiger charge is 2.27. The Kier molecular flexibility index (Phi) is 3.92. The summed E-state index contributed by atoms with van der Waals surface area (Å²) in [6.07, 6.45) is 1.39. The average Bonchev–Trinajstić information content (AvgIpc) is 3.02. The van der Waals surface area contributed by atoms with Gasteiger partial charge in [0.25, 0.3) is 0 Å². The highest BCUT2D eigenvalue weighted by Crippen LogP contribution is 2.19. The van der Waals surface area contributed by atoms with E-state index in [1.165, 1.54) is 6.92 Å². The Bertz CT molecular complexity index is 554. The number of cyclic esters (lactones) is 1.